The topological polar surface area (TPSA) is 84.5 Å². The monoisotopic (exact) mass is 380 g/mol. The Balaban J connectivity index is 1.70. The smallest absolute Gasteiger partial charge is 0.293 e. The van der Waals surface area contributed by atoms with Crippen molar-refractivity contribution in [2.24, 2.45) is 0 Å². The second-order valence-electron chi connectivity index (χ2n) is 5.69. The summed E-state index contributed by atoms with van der Waals surface area (Å²) in [5.41, 5.74) is 1.31. The summed E-state index contributed by atoms with van der Waals surface area (Å²) in [6.07, 6.45) is 1.40. The van der Waals surface area contributed by atoms with E-state index < -0.39 is 11.8 Å². The van der Waals surface area contributed by atoms with E-state index >= 15 is 0 Å². The SMILES string of the molecule is O=C(Nc1c(C(=O)Nc2ccc(Cl)cc2)oc2ccccc12)c1ccco1. The molecule has 0 aliphatic heterocycles. The van der Waals surface area contributed by atoms with Crippen LogP contribution in [0.1, 0.15) is 21.1 Å². The molecule has 2 heterocycles. The van der Waals surface area contributed by atoms with E-state index in [2.05, 4.69) is 10.6 Å². The van der Waals surface area contributed by atoms with Gasteiger partial charge < -0.3 is 19.5 Å². The van der Waals surface area contributed by atoms with Gasteiger partial charge in [-0.05, 0) is 48.5 Å². The van der Waals surface area contributed by atoms with Crippen LogP contribution >= 0.6 is 11.6 Å². The third kappa shape index (κ3) is 3.43. The Labute approximate surface area is 158 Å². The summed E-state index contributed by atoms with van der Waals surface area (Å²) >= 11 is 5.86. The first-order valence-electron chi connectivity index (χ1n) is 8.05. The number of amides is 2. The highest BCUT2D eigenvalue weighted by Gasteiger charge is 2.23. The molecule has 0 saturated heterocycles. The highest BCUT2D eigenvalue weighted by Crippen LogP contribution is 2.32. The number of hydrogen-bond donors (Lipinski definition) is 2. The fourth-order valence-electron chi connectivity index (χ4n) is 2.63. The summed E-state index contributed by atoms with van der Waals surface area (Å²) in [5, 5.41) is 6.60. The lowest BCUT2D eigenvalue weighted by molar-refractivity contribution is 0.0996. The molecule has 7 heteroatoms. The number of para-hydroxylation sites is 1. The number of carbonyl (C=O) groups is 2. The van der Waals surface area contributed by atoms with Gasteiger partial charge in [0, 0.05) is 16.1 Å². The van der Waals surface area contributed by atoms with E-state index in [0.29, 0.717) is 21.7 Å². The Bertz CT molecular complexity index is 1110. The molecule has 4 aromatic rings. The van der Waals surface area contributed by atoms with Crippen LogP contribution in [0.3, 0.4) is 0 Å². The molecule has 2 amide bonds. The minimum absolute atomic E-state index is 0.00828. The molecule has 2 aromatic heterocycles. The average Bonchev–Trinajstić information content (AvgIpc) is 3.32. The van der Waals surface area contributed by atoms with Crippen LogP contribution in [0.25, 0.3) is 11.0 Å². The van der Waals surface area contributed by atoms with E-state index in [1.165, 1.54) is 12.3 Å². The maximum Gasteiger partial charge on any atom is 0.293 e. The Morgan fingerprint density at radius 1 is 0.852 bits per heavy atom. The molecule has 0 saturated carbocycles. The first kappa shape index (κ1) is 16.9. The van der Waals surface area contributed by atoms with Crippen molar-refractivity contribution >= 4 is 45.8 Å². The number of anilines is 2. The van der Waals surface area contributed by atoms with Crippen LogP contribution in [0.2, 0.25) is 5.02 Å². The van der Waals surface area contributed by atoms with Crippen molar-refractivity contribution < 1.29 is 18.4 Å². The molecule has 0 radical (unpaired) electrons. The predicted molar refractivity (Wildman–Crippen MR) is 102 cm³/mol. The largest absolute Gasteiger partial charge is 0.459 e. The lowest BCUT2D eigenvalue weighted by Crippen LogP contribution is -2.16. The Kier molecular flexibility index (Phi) is 4.40. The van der Waals surface area contributed by atoms with E-state index in [1.807, 2.05) is 0 Å². The second-order valence-corrected chi connectivity index (χ2v) is 6.13. The maximum atomic E-state index is 12.7. The number of nitrogens with one attached hydrogen (secondary N) is 2. The normalized spacial score (nSPS) is 10.7. The van der Waals surface area contributed by atoms with Crippen molar-refractivity contribution in [2.45, 2.75) is 0 Å². The molecule has 0 spiro atoms. The van der Waals surface area contributed by atoms with Gasteiger partial charge in [-0.15, -0.1) is 0 Å². The maximum absolute atomic E-state index is 12.7. The molecule has 134 valence electrons. The van der Waals surface area contributed by atoms with Crippen LogP contribution in [-0.4, -0.2) is 11.8 Å². The third-order valence-corrected chi connectivity index (χ3v) is 4.14. The quantitative estimate of drug-likeness (QED) is 0.510. The minimum atomic E-state index is -0.497. The Morgan fingerprint density at radius 3 is 2.37 bits per heavy atom. The molecule has 0 atom stereocenters. The lowest BCUT2D eigenvalue weighted by atomic mass is 10.2. The van der Waals surface area contributed by atoms with Crippen LogP contribution in [-0.2, 0) is 0 Å². The van der Waals surface area contributed by atoms with Gasteiger partial charge in [-0.3, -0.25) is 9.59 Å². The van der Waals surface area contributed by atoms with Gasteiger partial charge in [0.05, 0.1) is 6.26 Å². The van der Waals surface area contributed by atoms with Gasteiger partial charge in [0.25, 0.3) is 11.8 Å². The number of fused-ring (bicyclic) bond motifs is 1. The number of furan rings is 2. The number of benzene rings is 2. The molecule has 4 rings (SSSR count). The summed E-state index contributed by atoms with van der Waals surface area (Å²) in [6, 6.07) is 16.9. The molecule has 6 nitrogen and oxygen atoms in total. The van der Waals surface area contributed by atoms with Crippen molar-refractivity contribution in [3.05, 3.63) is 83.5 Å². The fraction of sp³-hybridized carbons (Fsp3) is 0. The van der Waals surface area contributed by atoms with E-state index in [4.69, 9.17) is 20.4 Å². The summed E-state index contributed by atoms with van der Waals surface area (Å²) in [6.45, 7) is 0. The lowest BCUT2D eigenvalue weighted by Gasteiger charge is -2.06. The van der Waals surface area contributed by atoms with E-state index in [1.54, 1.807) is 54.6 Å². The first-order chi connectivity index (χ1) is 13.1. The van der Waals surface area contributed by atoms with E-state index in [0.717, 1.165) is 0 Å². The van der Waals surface area contributed by atoms with Gasteiger partial charge in [-0.25, -0.2) is 0 Å². The van der Waals surface area contributed by atoms with Crippen molar-refractivity contribution in [3.63, 3.8) is 0 Å². The zero-order chi connectivity index (χ0) is 18.8. The van der Waals surface area contributed by atoms with Gasteiger partial charge in [0.2, 0.25) is 5.76 Å². The number of hydrogen-bond acceptors (Lipinski definition) is 4. The summed E-state index contributed by atoms with van der Waals surface area (Å²) < 4.78 is 10.8. The summed E-state index contributed by atoms with van der Waals surface area (Å²) in [4.78, 5) is 25.1. The Hall–Kier alpha value is -3.51. The van der Waals surface area contributed by atoms with Crippen molar-refractivity contribution in [1.82, 2.24) is 0 Å². The summed E-state index contributed by atoms with van der Waals surface area (Å²) in [5.74, 6) is -0.856. The number of halogens is 1. The van der Waals surface area contributed by atoms with Gasteiger partial charge in [-0.1, -0.05) is 23.7 Å². The zero-order valence-electron chi connectivity index (χ0n) is 13.9. The third-order valence-electron chi connectivity index (χ3n) is 3.89. The van der Waals surface area contributed by atoms with Crippen molar-refractivity contribution in [3.8, 4) is 0 Å². The van der Waals surface area contributed by atoms with Crippen LogP contribution in [0.4, 0.5) is 11.4 Å². The standard InChI is InChI=1S/C20H13ClN2O4/c21-12-7-9-13(10-8-12)22-20(25)18-17(14-4-1-2-5-15(14)27-18)23-19(24)16-6-3-11-26-16/h1-11H,(H,22,25)(H,23,24). The van der Waals surface area contributed by atoms with Crippen molar-refractivity contribution in [2.75, 3.05) is 10.6 Å². The molecule has 0 aliphatic carbocycles. The molecular formula is C20H13ClN2O4. The van der Waals surface area contributed by atoms with Gasteiger partial charge in [-0.2, -0.15) is 0 Å². The molecule has 27 heavy (non-hydrogen) atoms. The number of carbonyl (C=O) groups excluding carboxylic acids is 2. The minimum Gasteiger partial charge on any atom is -0.459 e. The fourth-order valence-corrected chi connectivity index (χ4v) is 2.76. The van der Waals surface area contributed by atoms with Gasteiger partial charge >= 0.3 is 0 Å². The molecule has 0 aliphatic rings. The van der Waals surface area contributed by atoms with Crippen LogP contribution in [0.15, 0.2) is 75.8 Å². The Morgan fingerprint density at radius 2 is 1.63 bits per heavy atom. The van der Waals surface area contributed by atoms with Gasteiger partial charge in [0.1, 0.15) is 11.3 Å². The highest BCUT2D eigenvalue weighted by atomic mass is 35.5. The molecule has 2 N–H and O–H groups in total. The van der Waals surface area contributed by atoms with Crippen LogP contribution in [0.5, 0.6) is 0 Å². The van der Waals surface area contributed by atoms with Crippen molar-refractivity contribution in [1.29, 1.82) is 0 Å². The molecule has 0 bridgehead atoms. The summed E-state index contributed by atoms with van der Waals surface area (Å²) in [7, 11) is 0. The predicted octanol–water partition coefficient (Wildman–Crippen LogP) is 5.18. The molecular weight excluding hydrogens is 368 g/mol. The molecule has 0 unspecified atom stereocenters. The van der Waals surface area contributed by atoms with Crippen LogP contribution < -0.4 is 10.6 Å². The molecule has 2 aromatic carbocycles. The van der Waals surface area contributed by atoms with E-state index in [-0.39, 0.29) is 17.2 Å². The van der Waals surface area contributed by atoms with Gasteiger partial charge in [0.15, 0.2) is 5.76 Å². The zero-order valence-corrected chi connectivity index (χ0v) is 14.6. The first-order valence-corrected chi connectivity index (χ1v) is 8.43. The van der Waals surface area contributed by atoms with E-state index in [9.17, 15) is 9.59 Å². The average molecular weight is 381 g/mol. The van der Waals surface area contributed by atoms with Crippen LogP contribution in [0, 0.1) is 0 Å². The molecule has 0 fully saturated rings. The highest BCUT2D eigenvalue weighted by molar-refractivity contribution is 6.30. The number of rotatable bonds is 4. The second kappa shape index (κ2) is 7.01.